The molecule has 0 aromatic heterocycles. The van der Waals surface area contributed by atoms with Crippen LogP contribution in [-0.2, 0) is 9.59 Å². The van der Waals surface area contributed by atoms with Crippen molar-refractivity contribution < 1.29 is 14.4 Å². The molecule has 1 fully saturated rings. The van der Waals surface area contributed by atoms with E-state index in [2.05, 4.69) is 0 Å². The molecular weight excluding hydrogens is 332 g/mol. The number of benzene rings is 2. The quantitative estimate of drug-likeness (QED) is 0.627. The second-order valence-electron chi connectivity index (χ2n) is 4.64. The zero-order valence-corrected chi connectivity index (χ0v) is 13.5. The van der Waals surface area contributed by atoms with Crippen LogP contribution >= 0.6 is 23.9 Å². The van der Waals surface area contributed by atoms with Gasteiger partial charge in [0.25, 0.3) is 11.8 Å². The fourth-order valence-electron chi connectivity index (χ4n) is 1.92. The molecule has 23 heavy (non-hydrogen) atoms. The van der Waals surface area contributed by atoms with Gasteiger partial charge < -0.3 is 0 Å². The largest absolute Gasteiger partial charge is 0.354 e. The smallest absolute Gasteiger partial charge is 0.273 e. The molecule has 0 saturated carbocycles. The van der Waals surface area contributed by atoms with Gasteiger partial charge in [0.15, 0.2) is 0 Å². The van der Waals surface area contributed by atoms with E-state index in [-0.39, 0.29) is 6.42 Å². The van der Waals surface area contributed by atoms with Crippen LogP contribution in [0.3, 0.4) is 0 Å². The number of urea groups is 1. The third-order valence-electron chi connectivity index (χ3n) is 2.98. The van der Waals surface area contributed by atoms with Crippen molar-refractivity contribution in [2.75, 3.05) is 0 Å². The third kappa shape index (κ3) is 3.57. The van der Waals surface area contributed by atoms with E-state index in [1.165, 1.54) is 0 Å². The van der Waals surface area contributed by atoms with Crippen LogP contribution < -0.4 is 0 Å². The van der Waals surface area contributed by atoms with Gasteiger partial charge in [0, 0.05) is 9.79 Å². The van der Waals surface area contributed by atoms with Gasteiger partial charge in [0.05, 0.1) is 0 Å². The summed E-state index contributed by atoms with van der Waals surface area (Å²) in [6.45, 7) is 0. The number of imide groups is 2. The lowest BCUT2D eigenvalue weighted by atomic mass is 10.3. The highest BCUT2D eigenvalue weighted by Gasteiger charge is 2.39. The van der Waals surface area contributed by atoms with E-state index in [1.54, 1.807) is 24.3 Å². The molecule has 1 heterocycles. The van der Waals surface area contributed by atoms with E-state index in [1.807, 2.05) is 36.4 Å². The summed E-state index contributed by atoms with van der Waals surface area (Å²) in [7, 11) is 0. The minimum Gasteiger partial charge on any atom is -0.273 e. The molecule has 1 aliphatic heterocycles. The van der Waals surface area contributed by atoms with Gasteiger partial charge in [-0.05, 0) is 48.2 Å². The molecule has 1 aliphatic rings. The van der Waals surface area contributed by atoms with E-state index in [9.17, 15) is 14.4 Å². The lowest BCUT2D eigenvalue weighted by Crippen LogP contribution is -2.48. The van der Waals surface area contributed by atoms with Gasteiger partial charge in [-0.3, -0.25) is 9.59 Å². The van der Waals surface area contributed by atoms with Crippen molar-refractivity contribution in [1.29, 1.82) is 0 Å². The standard InChI is InChI=1S/C16H12N2O3S2/c19-14-11-15(20)18(23-13-9-5-2-6-10-13)16(21)17(14)22-12-7-3-1-4-8-12/h1-10H,11H2. The molecule has 0 N–H and O–H groups in total. The Hall–Kier alpha value is -2.25. The molecule has 0 spiro atoms. The van der Waals surface area contributed by atoms with E-state index >= 15 is 0 Å². The van der Waals surface area contributed by atoms with Gasteiger partial charge in [-0.25, -0.2) is 4.79 Å². The molecule has 0 aliphatic carbocycles. The van der Waals surface area contributed by atoms with Gasteiger partial charge in [0.2, 0.25) is 0 Å². The maximum absolute atomic E-state index is 12.5. The molecule has 3 rings (SSSR count). The molecule has 0 atom stereocenters. The fourth-order valence-corrected chi connectivity index (χ4v) is 3.61. The van der Waals surface area contributed by atoms with Crippen molar-refractivity contribution in [3.8, 4) is 0 Å². The summed E-state index contributed by atoms with van der Waals surface area (Å²) in [5, 5.41) is 0. The number of hydrogen-bond donors (Lipinski definition) is 0. The minimum atomic E-state index is -0.631. The number of barbiturate groups is 1. The molecular formula is C16H12N2O3S2. The number of carbonyl (C=O) groups is 3. The van der Waals surface area contributed by atoms with Crippen molar-refractivity contribution in [3.63, 3.8) is 0 Å². The first kappa shape index (κ1) is 15.6. The number of nitrogens with zero attached hydrogens (tertiary/aromatic N) is 2. The van der Waals surface area contributed by atoms with Crippen LogP contribution in [0.25, 0.3) is 0 Å². The summed E-state index contributed by atoms with van der Waals surface area (Å²) >= 11 is 2.05. The van der Waals surface area contributed by atoms with E-state index < -0.39 is 17.8 Å². The summed E-state index contributed by atoms with van der Waals surface area (Å²) in [6, 6.07) is 17.6. The van der Waals surface area contributed by atoms with Gasteiger partial charge in [-0.1, -0.05) is 36.4 Å². The minimum absolute atomic E-state index is 0.314. The summed E-state index contributed by atoms with van der Waals surface area (Å²) in [5.74, 6) is -1.00. The zero-order valence-electron chi connectivity index (χ0n) is 11.9. The van der Waals surface area contributed by atoms with Crippen molar-refractivity contribution >= 4 is 41.7 Å². The van der Waals surface area contributed by atoms with Gasteiger partial charge in [-0.15, -0.1) is 0 Å². The summed E-state index contributed by atoms with van der Waals surface area (Å²) in [5.41, 5.74) is 0. The lowest BCUT2D eigenvalue weighted by Gasteiger charge is -2.30. The predicted molar refractivity (Wildman–Crippen MR) is 88.3 cm³/mol. The average molecular weight is 344 g/mol. The molecule has 1 saturated heterocycles. The molecule has 4 amide bonds. The predicted octanol–water partition coefficient (Wildman–Crippen LogP) is 3.58. The van der Waals surface area contributed by atoms with E-state index in [4.69, 9.17) is 0 Å². The first-order valence-electron chi connectivity index (χ1n) is 6.81. The second-order valence-corrected chi connectivity index (χ2v) is 6.68. The van der Waals surface area contributed by atoms with Gasteiger partial charge in [0.1, 0.15) is 6.42 Å². The van der Waals surface area contributed by atoms with Crippen molar-refractivity contribution in [2.24, 2.45) is 0 Å². The van der Waals surface area contributed by atoms with E-state index in [0.29, 0.717) is 0 Å². The first-order valence-corrected chi connectivity index (χ1v) is 8.36. The van der Waals surface area contributed by atoms with Crippen molar-refractivity contribution in [2.45, 2.75) is 16.2 Å². The Balaban J connectivity index is 1.80. The Labute approximate surface area is 141 Å². The Bertz CT molecular complexity index is 676. The monoisotopic (exact) mass is 344 g/mol. The summed E-state index contributed by atoms with van der Waals surface area (Å²) < 4.78 is 2.07. The number of amides is 4. The Morgan fingerprint density at radius 3 is 1.43 bits per heavy atom. The molecule has 0 bridgehead atoms. The maximum atomic E-state index is 12.5. The zero-order chi connectivity index (χ0) is 16.2. The highest BCUT2D eigenvalue weighted by molar-refractivity contribution is 7.99. The van der Waals surface area contributed by atoms with Crippen molar-refractivity contribution in [1.82, 2.24) is 8.61 Å². The van der Waals surface area contributed by atoms with Crippen LogP contribution in [0.2, 0.25) is 0 Å². The Morgan fingerprint density at radius 1 is 0.652 bits per heavy atom. The first-order chi connectivity index (χ1) is 11.1. The second kappa shape index (κ2) is 6.89. The van der Waals surface area contributed by atoms with Crippen LogP contribution in [0, 0.1) is 0 Å². The van der Waals surface area contributed by atoms with Crippen molar-refractivity contribution in [3.05, 3.63) is 60.7 Å². The Morgan fingerprint density at radius 2 is 1.04 bits per heavy atom. The lowest BCUT2D eigenvalue weighted by molar-refractivity contribution is -0.135. The van der Waals surface area contributed by atoms with E-state index in [0.717, 1.165) is 42.3 Å². The third-order valence-corrected chi connectivity index (χ3v) is 5.03. The van der Waals surface area contributed by atoms with Crippen LogP contribution in [0.1, 0.15) is 6.42 Å². The number of hydrogen-bond acceptors (Lipinski definition) is 5. The number of rotatable bonds is 4. The molecule has 116 valence electrons. The van der Waals surface area contributed by atoms with Crippen LogP contribution in [0.5, 0.6) is 0 Å². The van der Waals surface area contributed by atoms with Crippen LogP contribution in [-0.4, -0.2) is 26.5 Å². The molecule has 2 aromatic carbocycles. The Kier molecular flexibility index (Phi) is 4.68. The van der Waals surface area contributed by atoms with Gasteiger partial charge in [-0.2, -0.15) is 8.61 Å². The number of carbonyl (C=O) groups excluding carboxylic acids is 3. The highest BCUT2D eigenvalue weighted by Crippen LogP contribution is 2.33. The molecule has 7 heteroatoms. The summed E-state index contributed by atoms with van der Waals surface area (Å²) in [4.78, 5) is 38.1. The van der Waals surface area contributed by atoms with Gasteiger partial charge >= 0.3 is 6.03 Å². The topological polar surface area (TPSA) is 57.7 Å². The highest BCUT2D eigenvalue weighted by atomic mass is 32.2. The normalized spacial score (nSPS) is 15.2. The SMILES string of the molecule is O=C1CC(=O)N(Sc2ccccc2)C(=O)N1Sc1ccccc1. The molecule has 5 nitrogen and oxygen atoms in total. The summed E-state index contributed by atoms with van der Waals surface area (Å²) in [6.07, 6.45) is -0.314. The van der Waals surface area contributed by atoms with Crippen LogP contribution in [0.15, 0.2) is 70.5 Å². The average Bonchev–Trinajstić information content (AvgIpc) is 2.57. The fraction of sp³-hybridized carbons (Fsp3) is 0.0625. The maximum Gasteiger partial charge on any atom is 0.354 e. The van der Waals surface area contributed by atoms with Crippen LogP contribution in [0.4, 0.5) is 4.79 Å². The molecule has 2 aromatic rings. The molecule has 0 radical (unpaired) electrons. The molecule has 0 unspecified atom stereocenters.